The first kappa shape index (κ1) is 28.5. The molecule has 3 aliphatic carbocycles. The Labute approximate surface area is 221 Å². The van der Waals surface area contributed by atoms with Gasteiger partial charge < -0.3 is 29.7 Å². The number of aliphatic hydroxyl groups is 2. The first-order valence-electron chi connectivity index (χ1n) is 13.8. The average Bonchev–Trinajstić information content (AvgIpc) is 2.82. The number of carbonyl (C=O) groups is 2. The molecule has 1 saturated heterocycles. The molecule has 1 heterocycles. The van der Waals surface area contributed by atoms with Gasteiger partial charge in [-0.15, -0.1) is 0 Å². The van der Waals surface area contributed by atoms with Crippen molar-refractivity contribution >= 4 is 11.9 Å². The molecule has 11 unspecified atom stereocenters. The van der Waals surface area contributed by atoms with Crippen LogP contribution in [0, 0.1) is 34.5 Å². The van der Waals surface area contributed by atoms with Crippen LogP contribution in [0.2, 0.25) is 0 Å². The van der Waals surface area contributed by atoms with Crippen molar-refractivity contribution in [3.8, 4) is 0 Å². The summed E-state index contributed by atoms with van der Waals surface area (Å²) >= 11 is 0. The molecule has 0 spiro atoms. The molecule has 2 bridgehead atoms. The summed E-state index contributed by atoms with van der Waals surface area (Å²) in [6.07, 6.45) is -0.719. The lowest BCUT2D eigenvalue weighted by Gasteiger charge is -2.68. The van der Waals surface area contributed by atoms with Gasteiger partial charge in [0.2, 0.25) is 0 Å². The molecule has 1 amide bonds. The van der Waals surface area contributed by atoms with Gasteiger partial charge in [0.05, 0.1) is 43.7 Å². The van der Waals surface area contributed by atoms with Gasteiger partial charge in [-0.05, 0) is 50.2 Å². The Morgan fingerprint density at radius 3 is 2.32 bits per heavy atom. The average molecular weight is 522 g/mol. The van der Waals surface area contributed by atoms with E-state index >= 15 is 0 Å². The van der Waals surface area contributed by atoms with Gasteiger partial charge in [-0.25, -0.2) is 4.79 Å². The first-order chi connectivity index (χ1) is 17.0. The van der Waals surface area contributed by atoms with Gasteiger partial charge in [-0.1, -0.05) is 41.5 Å². The third kappa shape index (κ3) is 3.76. The van der Waals surface area contributed by atoms with Crippen LogP contribution in [0.25, 0.3) is 0 Å². The SMILES string of the molecule is COC(=O)NC(C)C(C)OC1CC2(O)C(C)C3C4(O)COC4CC(C)C3(C)C(=O)C(C)C(=C1C)C2(C)C. The van der Waals surface area contributed by atoms with Gasteiger partial charge in [0.1, 0.15) is 11.4 Å². The third-order valence-corrected chi connectivity index (χ3v) is 11.2. The van der Waals surface area contributed by atoms with E-state index in [1.165, 1.54) is 7.11 Å². The molecular weight excluding hydrogens is 474 g/mol. The zero-order valence-electron chi connectivity index (χ0n) is 24.2. The highest BCUT2D eigenvalue weighted by molar-refractivity contribution is 5.90. The molecule has 0 aromatic carbocycles. The number of nitrogens with one attached hydrogen (secondary N) is 1. The fourth-order valence-corrected chi connectivity index (χ4v) is 8.67. The van der Waals surface area contributed by atoms with E-state index in [1.54, 1.807) is 0 Å². The molecule has 0 aromatic heterocycles. The molecule has 4 rings (SSSR count). The van der Waals surface area contributed by atoms with Gasteiger partial charge in [0, 0.05) is 29.1 Å². The summed E-state index contributed by atoms with van der Waals surface area (Å²) in [5.41, 5.74) is -2.03. The number of carbonyl (C=O) groups excluding carboxylic acids is 2. The highest BCUT2D eigenvalue weighted by Crippen LogP contribution is 2.66. The minimum atomic E-state index is -1.25. The quantitative estimate of drug-likeness (QED) is 0.484. The molecule has 3 fully saturated rings. The van der Waals surface area contributed by atoms with Crippen molar-refractivity contribution in [1.82, 2.24) is 5.32 Å². The number of amides is 1. The molecule has 1 aliphatic heterocycles. The summed E-state index contributed by atoms with van der Waals surface area (Å²) in [5, 5.41) is 27.4. The van der Waals surface area contributed by atoms with Crippen LogP contribution in [0.5, 0.6) is 0 Å². The first-order valence-corrected chi connectivity index (χ1v) is 13.8. The Bertz CT molecular complexity index is 993. The second kappa shape index (κ2) is 9.04. The number of Topliss-reactive ketones (excluding diaryl/α,β-unsaturated/α-hetero) is 1. The summed E-state index contributed by atoms with van der Waals surface area (Å²) in [6.45, 7) is 18.0. The molecule has 8 heteroatoms. The summed E-state index contributed by atoms with van der Waals surface area (Å²) in [7, 11) is 1.32. The Kier molecular flexibility index (Phi) is 6.97. The van der Waals surface area contributed by atoms with Crippen molar-refractivity contribution in [2.75, 3.05) is 13.7 Å². The standard InChI is InChI=1S/C29H47NO7/c1-14-11-21-28(33,13-36-21)23-17(4)29(34)12-20(37-19(6)18(5)30-25(32)35-10)15(2)22(26(29,7)8)16(3)24(31)27(14,23)9/h14,16-21,23,33-34H,11-13H2,1-10H3,(H,30,32). The van der Waals surface area contributed by atoms with E-state index in [2.05, 4.69) is 12.2 Å². The number of ether oxygens (including phenoxy) is 3. The lowest BCUT2D eigenvalue weighted by Crippen LogP contribution is -2.77. The van der Waals surface area contributed by atoms with Crippen molar-refractivity contribution in [1.29, 1.82) is 0 Å². The summed E-state index contributed by atoms with van der Waals surface area (Å²) in [4.78, 5) is 26.2. The Morgan fingerprint density at radius 2 is 1.78 bits per heavy atom. The van der Waals surface area contributed by atoms with Crippen LogP contribution >= 0.6 is 0 Å². The molecular formula is C29H47NO7. The molecule has 8 nitrogen and oxygen atoms in total. The summed E-state index contributed by atoms with van der Waals surface area (Å²) < 4.78 is 17.1. The van der Waals surface area contributed by atoms with Crippen LogP contribution in [-0.4, -0.2) is 71.4 Å². The number of hydrogen-bond donors (Lipinski definition) is 3. The van der Waals surface area contributed by atoms with Crippen molar-refractivity contribution in [3.05, 3.63) is 11.1 Å². The monoisotopic (exact) mass is 521 g/mol. The predicted molar refractivity (Wildman–Crippen MR) is 139 cm³/mol. The number of fused-ring (bicyclic) bond motifs is 5. The highest BCUT2D eigenvalue weighted by Gasteiger charge is 2.72. The van der Waals surface area contributed by atoms with E-state index in [9.17, 15) is 19.8 Å². The number of hydrogen-bond acceptors (Lipinski definition) is 7. The normalized spacial score (nSPS) is 46.4. The van der Waals surface area contributed by atoms with E-state index in [-0.39, 0.29) is 36.6 Å². The van der Waals surface area contributed by atoms with Crippen LogP contribution in [0.15, 0.2) is 11.1 Å². The Morgan fingerprint density at radius 1 is 1.16 bits per heavy atom. The molecule has 4 aliphatic rings. The number of methoxy groups -OCH3 is 1. The maximum atomic E-state index is 14.5. The molecule has 210 valence electrons. The number of alkyl carbamates (subject to hydrolysis) is 1. The summed E-state index contributed by atoms with van der Waals surface area (Å²) in [6, 6.07) is -0.327. The minimum Gasteiger partial charge on any atom is -0.453 e. The smallest absolute Gasteiger partial charge is 0.407 e. The zero-order chi connectivity index (χ0) is 27.9. The molecule has 2 saturated carbocycles. The highest BCUT2D eigenvalue weighted by atomic mass is 16.6. The van der Waals surface area contributed by atoms with Gasteiger partial charge in [0.15, 0.2) is 0 Å². The van der Waals surface area contributed by atoms with E-state index in [0.717, 1.165) is 11.1 Å². The van der Waals surface area contributed by atoms with Crippen LogP contribution in [0.4, 0.5) is 4.79 Å². The number of ketones is 1. The van der Waals surface area contributed by atoms with Crippen molar-refractivity contribution in [3.63, 3.8) is 0 Å². The molecule has 3 N–H and O–H groups in total. The number of rotatable bonds is 4. The Balaban J connectivity index is 1.82. The maximum absolute atomic E-state index is 14.5. The van der Waals surface area contributed by atoms with Crippen LogP contribution in [-0.2, 0) is 19.0 Å². The topological polar surface area (TPSA) is 114 Å². The van der Waals surface area contributed by atoms with Gasteiger partial charge in [0.25, 0.3) is 0 Å². The van der Waals surface area contributed by atoms with Crippen molar-refractivity contribution < 1.29 is 34.0 Å². The minimum absolute atomic E-state index is 0.00392. The lowest BCUT2D eigenvalue weighted by molar-refractivity contribution is -0.329. The van der Waals surface area contributed by atoms with Crippen molar-refractivity contribution in [2.24, 2.45) is 34.5 Å². The predicted octanol–water partition coefficient (Wildman–Crippen LogP) is 3.63. The second-order valence-electron chi connectivity index (χ2n) is 13.2. The van der Waals surface area contributed by atoms with Crippen LogP contribution in [0.1, 0.15) is 75.2 Å². The fourth-order valence-electron chi connectivity index (χ4n) is 8.67. The van der Waals surface area contributed by atoms with E-state index in [1.807, 2.05) is 55.4 Å². The van der Waals surface area contributed by atoms with E-state index in [0.29, 0.717) is 12.8 Å². The molecule has 11 atom stereocenters. The third-order valence-electron chi connectivity index (χ3n) is 11.2. The van der Waals surface area contributed by atoms with E-state index in [4.69, 9.17) is 14.2 Å². The molecule has 0 radical (unpaired) electrons. The van der Waals surface area contributed by atoms with Crippen LogP contribution in [0.3, 0.4) is 0 Å². The van der Waals surface area contributed by atoms with E-state index < -0.39 is 52.0 Å². The maximum Gasteiger partial charge on any atom is 0.407 e. The fraction of sp³-hybridized carbons (Fsp3) is 0.862. The second-order valence-corrected chi connectivity index (χ2v) is 13.2. The summed E-state index contributed by atoms with van der Waals surface area (Å²) in [5.74, 6) is -1.19. The van der Waals surface area contributed by atoms with Gasteiger partial charge in [-0.2, -0.15) is 0 Å². The van der Waals surface area contributed by atoms with Crippen LogP contribution < -0.4 is 5.32 Å². The molecule has 37 heavy (non-hydrogen) atoms. The van der Waals surface area contributed by atoms with Crippen molar-refractivity contribution in [2.45, 2.75) is 111 Å². The molecule has 0 aromatic rings. The lowest BCUT2D eigenvalue weighted by atomic mass is 9.41. The largest absolute Gasteiger partial charge is 0.453 e. The van der Waals surface area contributed by atoms with Gasteiger partial charge in [-0.3, -0.25) is 4.79 Å². The zero-order valence-corrected chi connectivity index (χ0v) is 24.2. The van der Waals surface area contributed by atoms with Gasteiger partial charge >= 0.3 is 6.09 Å². The Hall–Kier alpha value is -1.48.